The maximum atomic E-state index is 13.5. The van der Waals surface area contributed by atoms with Crippen molar-refractivity contribution < 1.29 is 0 Å². The third-order valence-electron chi connectivity index (χ3n) is 6.83. The molecular formula is C28H26N6O. The molecule has 0 amide bonds. The molecule has 0 fully saturated rings. The summed E-state index contributed by atoms with van der Waals surface area (Å²) in [6.07, 6.45) is 0.914. The van der Waals surface area contributed by atoms with Crippen LogP contribution in [0, 0.1) is 6.92 Å². The van der Waals surface area contributed by atoms with Crippen molar-refractivity contribution in [2.45, 2.75) is 32.5 Å². The van der Waals surface area contributed by atoms with Crippen LogP contribution in [0.3, 0.4) is 0 Å². The standard InChI is InChI=1S/C28H26N6O/c1-19-11-12-25-23(15-19)16-24(28(35)29-25)26(33-14-13-21-9-5-6-10-22(21)18-33)27-30-31-32-34(27)17-20-7-3-2-4-8-20/h2-12,15-16,26H,13-14,17-18H2,1H3,(H,29,35). The minimum atomic E-state index is -0.379. The second-order valence-electron chi connectivity index (χ2n) is 9.22. The van der Waals surface area contributed by atoms with Crippen LogP contribution < -0.4 is 5.56 Å². The highest BCUT2D eigenvalue weighted by atomic mass is 16.1. The number of aryl methyl sites for hydroxylation is 1. The maximum Gasteiger partial charge on any atom is 0.253 e. The lowest BCUT2D eigenvalue weighted by atomic mass is 9.95. The molecule has 1 aliphatic rings. The predicted molar refractivity (Wildman–Crippen MR) is 135 cm³/mol. The van der Waals surface area contributed by atoms with Gasteiger partial charge in [0.05, 0.1) is 6.54 Å². The first-order chi connectivity index (χ1) is 17.2. The summed E-state index contributed by atoms with van der Waals surface area (Å²) in [7, 11) is 0. The number of hydrogen-bond acceptors (Lipinski definition) is 5. The molecule has 3 heterocycles. The fourth-order valence-corrected chi connectivity index (χ4v) is 5.06. The Kier molecular flexibility index (Phi) is 5.47. The minimum Gasteiger partial charge on any atom is -0.322 e. The smallest absolute Gasteiger partial charge is 0.253 e. The zero-order chi connectivity index (χ0) is 23.8. The zero-order valence-corrected chi connectivity index (χ0v) is 19.6. The number of benzene rings is 3. The van der Waals surface area contributed by atoms with Crippen molar-refractivity contribution in [1.29, 1.82) is 0 Å². The van der Waals surface area contributed by atoms with Gasteiger partial charge in [0.1, 0.15) is 6.04 Å². The number of hydrogen-bond donors (Lipinski definition) is 1. The number of nitrogens with zero attached hydrogens (tertiary/aromatic N) is 5. The maximum absolute atomic E-state index is 13.5. The quantitative estimate of drug-likeness (QED) is 0.427. The van der Waals surface area contributed by atoms with E-state index in [0.29, 0.717) is 17.9 Å². The number of rotatable bonds is 5. The van der Waals surface area contributed by atoms with Gasteiger partial charge in [-0.05, 0) is 64.0 Å². The summed E-state index contributed by atoms with van der Waals surface area (Å²) in [5.41, 5.74) is 6.26. The molecule has 0 bridgehead atoms. The van der Waals surface area contributed by atoms with Gasteiger partial charge in [-0.15, -0.1) is 5.10 Å². The third kappa shape index (κ3) is 4.15. The molecule has 0 aliphatic carbocycles. The SMILES string of the molecule is Cc1ccc2[nH]c(=O)c(C(c3nnnn3Cc3ccccc3)N3CCc4ccccc4C3)cc2c1. The van der Waals surface area contributed by atoms with E-state index in [0.717, 1.165) is 41.5 Å². The monoisotopic (exact) mass is 462 g/mol. The van der Waals surface area contributed by atoms with E-state index < -0.39 is 0 Å². The molecule has 35 heavy (non-hydrogen) atoms. The Bertz CT molecular complexity index is 1560. The average Bonchev–Trinajstić information content (AvgIpc) is 3.33. The molecule has 7 heteroatoms. The van der Waals surface area contributed by atoms with Crippen LogP contribution >= 0.6 is 0 Å². The van der Waals surface area contributed by atoms with Crippen LogP contribution in [0.4, 0.5) is 0 Å². The van der Waals surface area contributed by atoms with E-state index in [2.05, 4.69) is 74.8 Å². The number of aromatic amines is 1. The van der Waals surface area contributed by atoms with Gasteiger partial charge in [0.25, 0.3) is 5.56 Å². The van der Waals surface area contributed by atoms with Crippen LogP contribution in [0.25, 0.3) is 10.9 Å². The van der Waals surface area contributed by atoms with E-state index in [1.165, 1.54) is 11.1 Å². The van der Waals surface area contributed by atoms with E-state index in [-0.39, 0.29) is 11.6 Å². The second kappa shape index (κ2) is 8.92. The van der Waals surface area contributed by atoms with Gasteiger partial charge in [-0.1, -0.05) is 66.2 Å². The first kappa shape index (κ1) is 21.4. The van der Waals surface area contributed by atoms with Crippen LogP contribution in [0.15, 0.2) is 83.7 Å². The lowest BCUT2D eigenvalue weighted by Gasteiger charge is -2.34. The topological polar surface area (TPSA) is 79.7 Å². The molecule has 1 unspecified atom stereocenters. The number of fused-ring (bicyclic) bond motifs is 2. The highest BCUT2D eigenvalue weighted by Gasteiger charge is 2.32. The van der Waals surface area contributed by atoms with Crippen molar-refractivity contribution >= 4 is 10.9 Å². The van der Waals surface area contributed by atoms with Crippen LogP contribution in [0.1, 0.15) is 39.7 Å². The van der Waals surface area contributed by atoms with E-state index in [9.17, 15) is 4.79 Å². The number of pyridine rings is 1. The number of tetrazole rings is 1. The van der Waals surface area contributed by atoms with E-state index >= 15 is 0 Å². The molecule has 174 valence electrons. The van der Waals surface area contributed by atoms with Gasteiger partial charge in [0.2, 0.25) is 0 Å². The van der Waals surface area contributed by atoms with Gasteiger partial charge in [-0.2, -0.15) is 0 Å². The number of H-pyrrole nitrogens is 1. The zero-order valence-electron chi connectivity index (χ0n) is 19.6. The molecule has 1 aliphatic heterocycles. The van der Waals surface area contributed by atoms with Crippen LogP contribution in [-0.2, 0) is 19.5 Å². The fraction of sp³-hybridized carbons (Fsp3) is 0.214. The normalized spacial score (nSPS) is 14.7. The summed E-state index contributed by atoms with van der Waals surface area (Å²) in [6.45, 7) is 4.13. The summed E-state index contributed by atoms with van der Waals surface area (Å²) in [5.74, 6) is 0.672. The molecule has 7 nitrogen and oxygen atoms in total. The van der Waals surface area contributed by atoms with E-state index in [1.54, 1.807) is 0 Å². The summed E-state index contributed by atoms with van der Waals surface area (Å²) in [4.78, 5) is 18.9. The van der Waals surface area contributed by atoms with Crippen molar-refractivity contribution in [3.63, 3.8) is 0 Å². The van der Waals surface area contributed by atoms with Crippen molar-refractivity contribution in [3.8, 4) is 0 Å². The van der Waals surface area contributed by atoms with Crippen molar-refractivity contribution in [3.05, 3.63) is 123 Å². The largest absolute Gasteiger partial charge is 0.322 e. The second-order valence-corrected chi connectivity index (χ2v) is 9.22. The van der Waals surface area contributed by atoms with Crippen molar-refractivity contribution in [2.75, 3.05) is 6.54 Å². The molecular weight excluding hydrogens is 436 g/mol. The Morgan fingerprint density at radius 1 is 0.971 bits per heavy atom. The summed E-state index contributed by atoms with van der Waals surface area (Å²) < 4.78 is 1.82. The molecule has 3 aromatic carbocycles. The van der Waals surface area contributed by atoms with Gasteiger partial charge >= 0.3 is 0 Å². The van der Waals surface area contributed by atoms with Crippen molar-refractivity contribution in [1.82, 2.24) is 30.1 Å². The predicted octanol–water partition coefficient (Wildman–Crippen LogP) is 4.02. The van der Waals surface area contributed by atoms with Gasteiger partial charge in [-0.25, -0.2) is 4.68 Å². The third-order valence-corrected chi connectivity index (χ3v) is 6.83. The van der Waals surface area contributed by atoms with Crippen LogP contribution in [0.5, 0.6) is 0 Å². The molecule has 5 aromatic rings. The highest BCUT2D eigenvalue weighted by molar-refractivity contribution is 5.79. The Morgan fingerprint density at radius 2 is 1.77 bits per heavy atom. The van der Waals surface area contributed by atoms with Gasteiger partial charge in [-0.3, -0.25) is 9.69 Å². The van der Waals surface area contributed by atoms with Gasteiger partial charge < -0.3 is 4.98 Å². The first-order valence-corrected chi connectivity index (χ1v) is 11.9. The number of aromatic nitrogens is 5. The Balaban J connectivity index is 1.49. The summed E-state index contributed by atoms with van der Waals surface area (Å²) in [5, 5.41) is 13.8. The lowest BCUT2D eigenvalue weighted by molar-refractivity contribution is 0.194. The molecule has 1 N–H and O–H groups in total. The molecule has 0 saturated heterocycles. The summed E-state index contributed by atoms with van der Waals surface area (Å²) in [6, 6.07) is 26.3. The summed E-state index contributed by atoms with van der Waals surface area (Å²) >= 11 is 0. The Morgan fingerprint density at radius 3 is 2.63 bits per heavy atom. The molecule has 0 radical (unpaired) electrons. The Hall–Kier alpha value is -4.10. The molecule has 6 rings (SSSR count). The van der Waals surface area contributed by atoms with Crippen LogP contribution in [0.2, 0.25) is 0 Å². The van der Waals surface area contributed by atoms with Gasteiger partial charge in [0.15, 0.2) is 5.82 Å². The lowest BCUT2D eigenvalue weighted by Crippen LogP contribution is -2.38. The minimum absolute atomic E-state index is 0.112. The first-order valence-electron chi connectivity index (χ1n) is 11.9. The van der Waals surface area contributed by atoms with Gasteiger partial charge in [0, 0.05) is 24.2 Å². The molecule has 0 saturated carbocycles. The molecule has 1 atom stereocenters. The Labute approximate surface area is 203 Å². The average molecular weight is 463 g/mol. The number of nitrogens with one attached hydrogen (secondary N) is 1. The van der Waals surface area contributed by atoms with Crippen molar-refractivity contribution in [2.24, 2.45) is 0 Å². The molecule has 2 aromatic heterocycles. The molecule has 0 spiro atoms. The highest BCUT2D eigenvalue weighted by Crippen LogP contribution is 2.32. The van der Waals surface area contributed by atoms with E-state index in [4.69, 9.17) is 0 Å². The fourth-order valence-electron chi connectivity index (χ4n) is 5.06. The van der Waals surface area contributed by atoms with Crippen LogP contribution in [-0.4, -0.2) is 36.6 Å². The van der Waals surface area contributed by atoms with E-state index in [1.807, 2.05) is 41.1 Å².